The Morgan fingerprint density at radius 3 is 0.900 bits per heavy atom. The van der Waals surface area contributed by atoms with Gasteiger partial charge >= 0.3 is 0 Å². The molecule has 0 saturated carbocycles. The summed E-state index contributed by atoms with van der Waals surface area (Å²) in [5, 5.41) is 11.3. The Balaban J connectivity index is 0.000000140. The van der Waals surface area contributed by atoms with E-state index in [1.54, 1.807) is 11.8 Å². The molecule has 0 saturated heterocycles. The quantitative estimate of drug-likeness (QED) is 0.134. The molecule has 0 spiro atoms. The van der Waals surface area contributed by atoms with Crippen LogP contribution >= 0.6 is 58.8 Å². The summed E-state index contributed by atoms with van der Waals surface area (Å²) in [6.45, 7) is 71.0. The van der Waals surface area contributed by atoms with Gasteiger partial charge in [-0.05, 0) is 383 Å². The molecule has 5 heterocycles. The lowest BCUT2D eigenvalue weighted by Crippen LogP contribution is -2.24. The molecule has 0 fully saturated rings. The van der Waals surface area contributed by atoms with E-state index >= 15 is 0 Å². The second-order valence-electron chi connectivity index (χ2n) is 30.5. The predicted molar refractivity (Wildman–Crippen MR) is 476 cm³/mol. The van der Waals surface area contributed by atoms with Gasteiger partial charge in [0.2, 0.25) is 0 Å². The molecule has 10 aromatic rings. The van der Waals surface area contributed by atoms with E-state index in [0.717, 1.165) is 113 Å². The van der Waals surface area contributed by atoms with E-state index < -0.39 is 0 Å². The number of hydrogen-bond donors (Lipinski definition) is 0. The number of allylic oxidation sites excluding steroid dienone is 5. The lowest BCUT2D eigenvalue weighted by molar-refractivity contribution is 0.361. The van der Waals surface area contributed by atoms with Gasteiger partial charge in [0.1, 0.15) is 12.4 Å². The Kier molecular flexibility index (Phi) is 25.8. The maximum atomic E-state index is 6.05. The van der Waals surface area contributed by atoms with Crippen LogP contribution in [-0.2, 0) is 0 Å². The second-order valence-corrected chi connectivity index (χ2v) is 35.8. The molecule has 6 nitrogen and oxygen atoms in total. The number of ether oxygens (including phenoxy) is 1. The molecule has 0 unspecified atom stereocenters. The third-order valence-electron chi connectivity index (χ3n) is 22.3. The fourth-order valence-corrected chi connectivity index (χ4v) is 19.7. The van der Waals surface area contributed by atoms with Crippen molar-refractivity contribution >= 4 is 120 Å². The smallest absolute Gasteiger partial charge is 0.122 e. The highest BCUT2D eigenvalue weighted by atomic mass is 32.2. The SMILES string of the molecule is C=c1c(C)c(C)c2c(c1C)Sc1cc(C)ccc1N=2.C=c1c(C)c(C)c2c(c1C)Sc1ccc(C)cc1N=2.C=c1c(C)c(C)c2c(c1C)Sc1ccc(C)cc1N=2.C=c1c(C)c(C)c2c(c1C)Sc1ccc(C)cc1N=2.C=c1c(C)c(C)c2c(c1C)Sc1ccc(OC/C=C(\C)CC/C=C(\C)CCC=C(C)C)cc1N=2. The van der Waals surface area contributed by atoms with Crippen LogP contribution in [0, 0.1) is 132 Å². The molecule has 0 bridgehead atoms. The highest BCUT2D eigenvalue weighted by molar-refractivity contribution is 8.00. The zero-order chi connectivity index (χ0) is 79.8. The third-order valence-corrected chi connectivity index (χ3v) is 28.6. The zero-order valence-electron chi connectivity index (χ0n) is 69.1. The number of nitrogens with zero attached hydrogens (tertiary/aromatic N) is 5. The van der Waals surface area contributed by atoms with Crippen molar-refractivity contribution in [2.24, 2.45) is 25.0 Å². The number of aryl methyl sites for hydroxylation is 4. The topological polar surface area (TPSA) is 71.0 Å². The van der Waals surface area contributed by atoms with Crippen molar-refractivity contribution in [1.29, 1.82) is 0 Å². The van der Waals surface area contributed by atoms with Gasteiger partial charge in [0.05, 0.1) is 55.2 Å². The highest BCUT2D eigenvalue weighted by Crippen LogP contribution is 2.44. The molecule has 0 N–H and O–H groups in total. The average molecular weight is 1540 g/mol. The molecule has 11 heteroatoms. The monoisotopic (exact) mass is 1540 g/mol. The Morgan fingerprint density at radius 2 is 0.564 bits per heavy atom. The summed E-state index contributed by atoms with van der Waals surface area (Å²) in [6, 6.07) is 32.1. The summed E-state index contributed by atoms with van der Waals surface area (Å²) in [7, 11) is 0. The average Bonchev–Trinajstić information content (AvgIpc) is 0.787. The molecule has 15 rings (SSSR count). The van der Waals surface area contributed by atoms with Crippen LogP contribution in [0.4, 0.5) is 28.4 Å². The first-order chi connectivity index (χ1) is 52.1. The Labute approximate surface area is 675 Å². The largest absolute Gasteiger partial charge is 0.489 e. The summed E-state index contributed by atoms with van der Waals surface area (Å²) in [4.78, 5) is 37.0. The lowest BCUT2D eigenvalue weighted by atomic mass is 10.0. The van der Waals surface area contributed by atoms with E-state index in [0.29, 0.717) is 6.61 Å². The lowest BCUT2D eigenvalue weighted by Gasteiger charge is -2.18. The van der Waals surface area contributed by atoms with Gasteiger partial charge in [-0.15, -0.1) is 0 Å². The van der Waals surface area contributed by atoms with Crippen LogP contribution in [0.1, 0.15) is 159 Å². The van der Waals surface area contributed by atoms with Crippen molar-refractivity contribution < 1.29 is 4.74 Å². The van der Waals surface area contributed by atoms with E-state index in [-0.39, 0.29) is 0 Å². The van der Waals surface area contributed by atoms with Gasteiger partial charge in [-0.2, -0.15) is 0 Å². The summed E-state index contributed by atoms with van der Waals surface area (Å²) in [5.74, 6) is 0.866. The molecular formula is C99H107N5OS5. The van der Waals surface area contributed by atoms with Crippen molar-refractivity contribution in [1.82, 2.24) is 0 Å². The Hall–Kier alpha value is -8.68. The van der Waals surface area contributed by atoms with Crippen LogP contribution in [0.5, 0.6) is 5.75 Å². The Bertz CT molecular complexity index is 5880. The van der Waals surface area contributed by atoms with Gasteiger partial charge in [-0.1, -0.05) is 145 Å². The van der Waals surface area contributed by atoms with E-state index in [1.165, 1.54) is 171 Å². The summed E-state index contributed by atoms with van der Waals surface area (Å²) in [5.41, 5.74) is 33.4. The maximum Gasteiger partial charge on any atom is 0.122 e. The molecule has 5 aliphatic rings. The first-order valence-corrected chi connectivity index (χ1v) is 42.1. The van der Waals surface area contributed by atoms with Crippen molar-refractivity contribution in [2.45, 2.75) is 234 Å². The number of rotatable bonds is 9. The number of fused-ring (bicyclic) bond motifs is 10. The first-order valence-electron chi connectivity index (χ1n) is 38.0. The standard InChI is InChI=1S/C31H39NOS.4C17H17NS/c1-20(2)11-9-12-21(3)13-10-14-22(4)17-18-33-27-15-16-29-28(19-27)32-30-25(7)23(5)24(6)26(8)31(30)34-29;3*1-9-6-7-15-14(8-9)18-16-12(4)10(2)11(3)13(5)17(16)19-15;1-9-6-7-14-15(8-9)19-17-13(5)11(3)10(2)12(4)16(17)18-14/h11,13,15-17,19H,6,9-10,12,14,18H2,1-5,7-8H3;4*6-8H,3H2,1-2,4-5H3/b21-13+,22-17+;;;;. The van der Waals surface area contributed by atoms with Crippen LogP contribution in [-0.4, -0.2) is 6.61 Å². The van der Waals surface area contributed by atoms with Crippen LogP contribution in [0.3, 0.4) is 0 Å². The fourth-order valence-electron chi connectivity index (χ4n) is 13.9. The molecular weight excluding hydrogens is 1440 g/mol. The highest BCUT2D eigenvalue weighted by Gasteiger charge is 2.24. The van der Waals surface area contributed by atoms with Crippen molar-refractivity contribution in [3.63, 3.8) is 0 Å². The van der Waals surface area contributed by atoms with Gasteiger partial charge in [0, 0.05) is 55.0 Å². The van der Waals surface area contributed by atoms with Gasteiger partial charge in [0.25, 0.3) is 0 Å². The maximum absolute atomic E-state index is 6.05. The normalized spacial score (nSPS) is 12.8. The molecule has 5 aliphatic heterocycles. The molecule has 0 amide bonds. The van der Waals surface area contributed by atoms with E-state index in [2.05, 4.69) is 301 Å². The van der Waals surface area contributed by atoms with Gasteiger partial charge < -0.3 is 4.74 Å². The van der Waals surface area contributed by atoms with Crippen LogP contribution in [0.2, 0.25) is 0 Å². The van der Waals surface area contributed by atoms with E-state index in [4.69, 9.17) is 29.7 Å². The van der Waals surface area contributed by atoms with Crippen LogP contribution in [0.15, 0.2) is 200 Å². The molecule has 110 heavy (non-hydrogen) atoms. The number of benzene rings is 10. The molecule has 0 aliphatic carbocycles. The summed E-state index contributed by atoms with van der Waals surface area (Å²) >= 11 is 9.08. The molecule has 10 aromatic carbocycles. The number of hydrogen-bond acceptors (Lipinski definition) is 11. The van der Waals surface area contributed by atoms with Crippen molar-refractivity contribution in [3.8, 4) is 5.75 Å². The fraction of sp³-hybridized carbons (Fsp3) is 0.283. The van der Waals surface area contributed by atoms with E-state index in [1.807, 2.05) is 47.0 Å². The van der Waals surface area contributed by atoms with Crippen LogP contribution < -0.4 is 57.6 Å². The van der Waals surface area contributed by atoms with Crippen LogP contribution in [0.25, 0.3) is 32.9 Å². The van der Waals surface area contributed by atoms with Gasteiger partial charge in [-0.25, -0.2) is 25.0 Å². The first kappa shape index (κ1) is 82.3. The second kappa shape index (κ2) is 34.5. The molecule has 0 aromatic heterocycles. The van der Waals surface area contributed by atoms with Crippen molar-refractivity contribution in [2.75, 3.05) is 6.61 Å². The third kappa shape index (κ3) is 17.5. The van der Waals surface area contributed by atoms with Crippen molar-refractivity contribution in [3.05, 3.63) is 285 Å². The molecule has 0 atom stereocenters. The Morgan fingerprint density at radius 1 is 0.291 bits per heavy atom. The van der Waals surface area contributed by atoms with Gasteiger partial charge in [0.15, 0.2) is 0 Å². The minimum Gasteiger partial charge on any atom is -0.489 e. The molecule has 0 radical (unpaired) electrons. The minimum absolute atomic E-state index is 0.583. The minimum atomic E-state index is 0.583. The summed E-state index contributed by atoms with van der Waals surface area (Å²) in [6.07, 6.45) is 11.3. The molecule has 564 valence electrons. The predicted octanol–water partition coefficient (Wildman–Crippen LogP) is 23.2. The van der Waals surface area contributed by atoms with E-state index in [9.17, 15) is 0 Å². The summed E-state index contributed by atoms with van der Waals surface area (Å²) < 4.78 is 6.05. The zero-order valence-corrected chi connectivity index (χ0v) is 73.2. The van der Waals surface area contributed by atoms with Gasteiger partial charge in [-0.3, -0.25) is 0 Å².